The number of alkyl halides is 3. The molecule has 0 amide bonds. The van der Waals surface area contributed by atoms with Gasteiger partial charge in [-0.25, -0.2) is 13.0 Å². The predicted molar refractivity (Wildman–Crippen MR) is 81.1 cm³/mol. The molecule has 136 valence electrons. The molecule has 1 heterocycles. The molecular weight excluding hydrogens is 343 g/mol. The van der Waals surface area contributed by atoms with Crippen LogP contribution < -0.4 is 4.57 Å². The highest BCUT2D eigenvalue weighted by molar-refractivity contribution is 7.86. The molecule has 0 spiro atoms. The number of halogens is 3. The van der Waals surface area contributed by atoms with Crippen LogP contribution in [-0.2, 0) is 23.1 Å². The summed E-state index contributed by atoms with van der Waals surface area (Å²) in [4.78, 5) is 0. The van der Waals surface area contributed by atoms with Gasteiger partial charge < -0.3 is 4.55 Å². The SMILES string of the molecule is CC[n+]1c(C)ccc2c1C[C@H]1C[C@@H]2C1(C)C.O=S(=O)([O-])C(F)(F)F. The Balaban J connectivity index is 0.000000224. The van der Waals surface area contributed by atoms with E-state index in [-0.39, 0.29) is 0 Å². The van der Waals surface area contributed by atoms with E-state index in [9.17, 15) is 13.2 Å². The number of aryl methyl sites for hydroxylation is 1. The van der Waals surface area contributed by atoms with Crippen LogP contribution in [0, 0.1) is 18.3 Å². The highest BCUT2D eigenvalue weighted by atomic mass is 32.2. The Kier molecular flexibility index (Phi) is 4.78. The van der Waals surface area contributed by atoms with Crippen LogP contribution >= 0.6 is 0 Å². The van der Waals surface area contributed by atoms with Crippen LogP contribution in [-0.4, -0.2) is 18.5 Å². The molecule has 4 rings (SSSR count). The highest BCUT2D eigenvalue weighted by Crippen LogP contribution is 2.61. The van der Waals surface area contributed by atoms with Crippen LogP contribution in [0.15, 0.2) is 12.1 Å². The first-order valence-corrected chi connectivity index (χ1v) is 9.25. The lowest BCUT2D eigenvalue weighted by Crippen LogP contribution is -2.54. The van der Waals surface area contributed by atoms with Crippen molar-refractivity contribution in [3.63, 3.8) is 0 Å². The lowest BCUT2D eigenvalue weighted by Gasteiger charge is -2.55. The number of hydrogen-bond donors (Lipinski definition) is 0. The second-order valence-electron chi connectivity index (χ2n) is 7.03. The van der Waals surface area contributed by atoms with E-state index >= 15 is 0 Å². The Morgan fingerprint density at radius 2 is 1.88 bits per heavy atom. The minimum atomic E-state index is -6.09. The summed E-state index contributed by atoms with van der Waals surface area (Å²) in [6, 6.07) is 4.69. The Bertz CT molecular complexity index is 742. The maximum absolute atomic E-state index is 10.7. The molecule has 1 aromatic heterocycles. The number of pyridine rings is 1. The van der Waals surface area contributed by atoms with E-state index in [2.05, 4.69) is 44.4 Å². The summed E-state index contributed by atoms with van der Waals surface area (Å²) >= 11 is 0. The first-order chi connectivity index (χ1) is 10.8. The van der Waals surface area contributed by atoms with Gasteiger partial charge in [-0.2, -0.15) is 13.2 Å². The van der Waals surface area contributed by atoms with E-state index in [1.54, 1.807) is 11.3 Å². The van der Waals surface area contributed by atoms with Crippen LogP contribution in [0.2, 0.25) is 0 Å². The third kappa shape index (κ3) is 3.18. The molecule has 3 aliphatic carbocycles. The Morgan fingerprint density at radius 3 is 2.29 bits per heavy atom. The standard InChI is InChI=1S/C15H22N.CHF3O3S/c1-5-16-10(2)6-7-12-13-8-11(9-14(12)16)15(13,3)4;2-1(3,4)8(5,6)7/h6-7,11,13H,5,8-9H2,1-4H3;(H,5,6,7)/q+1;/p-1/t11-,13+;/m1./s1. The van der Waals surface area contributed by atoms with E-state index in [1.165, 1.54) is 18.5 Å². The van der Waals surface area contributed by atoms with Crippen molar-refractivity contribution in [1.29, 1.82) is 0 Å². The van der Waals surface area contributed by atoms with Crippen molar-refractivity contribution in [3.8, 4) is 0 Å². The van der Waals surface area contributed by atoms with Crippen LogP contribution in [0.4, 0.5) is 13.2 Å². The van der Waals surface area contributed by atoms with Crippen LogP contribution in [0.3, 0.4) is 0 Å². The quantitative estimate of drug-likeness (QED) is 0.437. The Morgan fingerprint density at radius 1 is 1.33 bits per heavy atom. The van der Waals surface area contributed by atoms with Gasteiger partial charge in [0.1, 0.15) is 6.54 Å². The predicted octanol–water partition coefficient (Wildman–Crippen LogP) is 3.04. The monoisotopic (exact) mass is 365 g/mol. The summed E-state index contributed by atoms with van der Waals surface area (Å²) < 4.78 is 61.4. The number of rotatable bonds is 1. The molecule has 8 heteroatoms. The molecular formula is C16H22F3NO3S. The summed E-state index contributed by atoms with van der Waals surface area (Å²) in [7, 11) is -6.09. The van der Waals surface area contributed by atoms with Gasteiger partial charge in [-0.05, 0) is 36.7 Å². The van der Waals surface area contributed by atoms with Gasteiger partial charge in [0.25, 0.3) is 0 Å². The van der Waals surface area contributed by atoms with Crippen molar-refractivity contribution < 1.29 is 30.7 Å². The van der Waals surface area contributed by atoms with Gasteiger partial charge in [0.15, 0.2) is 21.5 Å². The third-order valence-corrected chi connectivity index (χ3v) is 6.04. The van der Waals surface area contributed by atoms with Gasteiger partial charge in [0.2, 0.25) is 0 Å². The molecule has 4 nitrogen and oxygen atoms in total. The summed E-state index contributed by atoms with van der Waals surface area (Å²) in [6.45, 7) is 10.5. The fourth-order valence-corrected chi connectivity index (χ4v) is 3.87. The molecule has 0 unspecified atom stereocenters. The van der Waals surface area contributed by atoms with Crippen molar-refractivity contribution in [2.24, 2.45) is 11.3 Å². The van der Waals surface area contributed by atoms with Gasteiger partial charge in [-0.1, -0.05) is 13.8 Å². The minimum absolute atomic E-state index is 0.549. The van der Waals surface area contributed by atoms with Gasteiger partial charge in [-0.3, -0.25) is 0 Å². The van der Waals surface area contributed by atoms with Crippen molar-refractivity contribution in [1.82, 2.24) is 0 Å². The highest BCUT2D eigenvalue weighted by Gasteiger charge is 2.55. The molecule has 1 fully saturated rings. The van der Waals surface area contributed by atoms with E-state index in [1.807, 2.05) is 0 Å². The fourth-order valence-electron chi connectivity index (χ4n) is 3.87. The second kappa shape index (κ2) is 5.98. The maximum Gasteiger partial charge on any atom is 0.485 e. The largest absolute Gasteiger partial charge is 0.741 e. The van der Waals surface area contributed by atoms with Gasteiger partial charge in [0.05, 0.1) is 0 Å². The van der Waals surface area contributed by atoms with E-state index in [0.717, 1.165) is 18.4 Å². The summed E-state index contributed by atoms with van der Waals surface area (Å²) in [6.07, 6.45) is 2.72. The molecule has 0 saturated heterocycles. The number of nitrogens with zero attached hydrogens (tertiary/aromatic N) is 1. The van der Waals surface area contributed by atoms with Gasteiger partial charge in [0, 0.05) is 25.0 Å². The molecule has 1 aromatic rings. The van der Waals surface area contributed by atoms with Crippen molar-refractivity contribution in [2.45, 2.75) is 58.5 Å². The van der Waals surface area contributed by atoms with E-state index in [0.29, 0.717) is 5.41 Å². The molecule has 0 aromatic carbocycles. The molecule has 0 aliphatic heterocycles. The van der Waals surface area contributed by atoms with Crippen molar-refractivity contribution in [2.75, 3.05) is 0 Å². The molecule has 1 saturated carbocycles. The maximum atomic E-state index is 10.7. The lowest BCUT2D eigenvalue weighted by atomic mass is 9.48. The van der Waals surface area contributed by atoms with Crippen molar-refractivity contribution >= 4 is 10.1 Å². The smallest absolute Gasteiger partial charge is 0.485 e. The first kappa shape index (κ1) is 19.2. The molecule has 2 bridgehead atoms. The normalized spacial score (nSPS) is 24.3. The average Bonchev–Trinajstić information content (AvgIpc) is 2.44. The minimum Gasteiger partial charge on any atom is -0.741 e. The Hall–Kier alpha value is -1.15. The van der Waals surface area contributed by atoms with Crippen molar-refractivity contribution in [3.05, 3.63) is 29.1 Å². The third-order valence-electron chi connectivity index (χ3n) is 5.47. The average molecular weight is 365 g/mol. The molecule has 0 radical (unpaired) electrons. The fraction of sp³-hybridized carbons (Fsp3) is 0.688. The molecule has 0 N–H and O–H groups in total. The van der Waals surface area contributed by atoms with E-state index < -0.39 is 15.6 Å². The summed E-state index contributed by atoms with van der Waals surface area (Å²) in [5.74, 6) is 1.74. The van der Waals surface area contributed by atoms with E-state index in [4.69, 9.17) is 13.0 Å². The zero-order valence-electron chi connectivity index (χ0n) is 14.1. The topological polar surface area (TPSA) is 61.1 Å². The van der Waals surface area contributed by atoms with Gasteiger partial charge >= 0.3 is 5.51 Å². The van der Waals surface area contributed by atoms with Crippen LogP contribution in [0.5, 0.6) is 0 Å². The molecule has 24 heavy (non-hydrogen) atoms. The molecule has 3 aliphatic rings. The number of aromatic nitrogens is 1. The zero-order chi connectivity index (χ0) is 18.5. The summed E-state index contributed by atoms with van der Waals surface area (Å²) in [5.41, 5.74) is -0.413. The lowest BCUT2D eigenvalue weighted by molar-refractivity contribution is -0.708. The van der Waals surface area contributed by atoms with Crippen LogP contribution in [0.25, 0.3) is 0 Å². The summed E-state index contributed by atoms with van der Waals surface area (Å²) in [5, 5.41) is 0. The van der Waals surface area contributed by atoms with Crippen LogP contribution in [0.1, 0.15) is 50.1 Å². The molecule has 2 atom stereocenters. The van der Waals surface area contributed by atoms with Gasteiger partial charge in [-0.15, -0.1) is 0 Å². The Labute approximate surface area is 140 Å². The zero-order valence-corrected chi connectivity index (χ0v) is 15.0. The number of hydrogen-bond acceptors (Lipinski definition) is 3. The first-order valence-electron chi connectivity index (χ1n) is 7.85. The second-order valence-corrected chi connectivity index (χ2v) is 8.40.